The minimum atomic E-state index is -0.00108. The number of aryl methyl sites for hydroxylation is 1. The number of hydrogen-bond donors (Lipinski definition) is 0. The Morgan fingerprint density at radius 3 is 2.29 bits per heavy atom. The summed E-state index contributed by atoms with van der Waals surface area (Å²) >= 11 is 0. The highest BCUT2D eigenvalue weighted by molar-refractivity contribution is 5.81. The highest BCUT2D eigenvalue weighted by atomic mass is 16.5. The third-order valence-electron chi connectivity index (χ3n) is 7.14. The molecule has 2 aromatic carbocycles. The average Bonchev–Trinajstić information content (AvgIpc) is 3.25. The molecule has 2 fully saturated rings. The number of carbonyl (C=O) groups is 2. The number of hydrogen-bond acceptors (Lipinski definition) is 4. The molecule has 2 saturated heterocycles. The summed E-state index contributed by atoms with van der Waals surface area (Å²) in [6.45, 7) is 6.63. The molecule has 35 heavy (non-hydrogen) atoms. The van der Waals surface area contributed by atoms with E-state index in [4.69, 9.17) is 9.72 Å². The third kappa shape index (κ3) is 5.10. The van der Waals surface area contributed by atoms with Crippen molar-refractivity contribution in [2.75, 3.05) is 26.2 Å². The van der Waals surface area contributed by atoms with E-state index in [9.17, 15) is 9.59 Å². The summed E-state index contributed by atoms with van der Waals surface area (Å²) in [4.78, 5) is 34.8. The van der Waals surface area contributed by atoms with Gasteiger partial charge in [0.15, 0.2) is 0 Å². The van der Waals surface area contributed by atoms with Crippen LogP contribution in [0, 0.1) is 5.92 Å². The largest absolute Gasteiger partial charge is 0.372 e. The number of para-hydroxylation sites is 3. The fraction of sp³-hybridized carbons (Fsp3) is 0.464. The van der Waals surface area contributed by atoms with Gasteiger partial charge >= 0.3 is 0 Å². The molecule has 0 bridgehead atoms. The predicted octanol–water partition coefficient (Wildman–Crippen LogP) is 3.83. The van der Waals surface area contributed by atoms with E-state index in [2.05, 4.69) is 22.8 Å². The first kappa shape index (κ1) is 23.5. The number of rotatable bonds is 5. The number of likely N-dealkylation sites (tertiary alicyclic amines) is 1. The number of amides is 2. The van der Waals surface area contributed by atoms with Gasteiger partial charge in [0.05, 0.1) is 23.2 Å². The first-order valence-electron chi connectivity index (χ1n) is 12.7. The van der Waals surface area contributed by atoms with Crippen LogP contribution in [0.2, 0.25) is 0 Å². The Hall–Kier alpha value is -3.19. The van der Waals surface area contributed by atoms with Gasteiger partial charge in [-0.3, -0.25) is 14.2 Å². The maximum Gasteiger partial charge on any atom is 0.225 e. The fourth-order valence-electron chi connectivity index (χ4n) is 5.48. The maximum absolute atomic E-state index is 13.1. The van der Waals surface area contributed by atoms with Crippen molar-refractivity contribution in [3.05, 3.63) is 60.4 Å². The number of morpholine rings is 1. The standard InChI is InChI=1S/C28H34N4O3/c1-20-18-31(19-21(2)35-20)28(34)22-14-16-30(17-15-22)27(33)13-12-26-29-24-10-6-7-11-25(24)32(26)23-8-4-3-5-9-23/h3-11,20-22H,12-19H2,1-2H3. The molecule has 2 aliphatic heterocycles. The predicted molar refractivity (Wildman–Crippen MR) is 135 cm³/mol. The summed E-state index contributed by atoms with van der Waals surface area (Å²) in [5.41, 5.74) is 3.03. The molecule has 184 valence electrons. The highest BCUT2D eigenvalue weighted by Gasteiger charge is 2.33. The van der Waals surface area contributed by atoms with Crippen molar-refractivity contribution < 1.29 is 14.3 Å². The van der Waals surface area contributed by atoms with E-state index in [-0.39, 0.29) is 29.9 Å². The first-order valence-corrected chi connectivity index (χ1v) is 12.7. The van der Waals surface area contributed by atoms with Crippen LogP contribution >= 0.6 is 0 Å². The van der Waals surface area contributed by atoms with E-state index >= 15 is 0 Å². The summed E-state index contributed by atoms with van der Waals surface area (Å²) in [5, 5.41) is 0. The van der Waals surface area contributed by atoms with E-state index in [1.807, 2.05) is 60.0 Å². The lowest BCUT2D eigenvalue weighted by Gasteiger charge is -2.39. The van der Waals surface area contributed by atoms with E-state index in [1.54, 1.807) is 0 Å². The monoisotopic (exact) mass is 474 g/mol. The first-order chi connectivity index (χ1) is 17.0. The minimum absolute atomic E-state index is 0.00108. The van der Waals surface area contributed by atoms with Gasteiger partial charge < -0.3 is 14.5 Å². The second-order valence-electron chi connectivity index (χ2n) is 9.84. The molecule has 2 amide bonds. The number of piperidine rings is 1. The second kappa shape index (κ2) is 10.2. The molecule has 0 spiro atoms. The van der Waals surface area contributed by atoms with Crippen molar-refractivity contribution in [2.24, 2.45) is 5.92 Å². The Kier molecular flexibility index (Phi) is 6.86. The van der Waals surface area contributed by atoms with Gasteiger partial charge in [-0.15, -0.1) is 0 Å². The number of imidazole rings is 1. The highest BCUT2D eigenvalue weighted by Crippen LogP contribution is 2.25. The Bertz CT molecular complexity index is 1170. The lowest BCUT2D eigenvalue weighted by atomic mass is 9.94. The van der Waals surface area contributed by atoms with Gasteiger partial charge in [0, 0.05) is 50.6 Å². The number of fused-ring (bicyclic) bond motifs is 1. The molecule has 0 saturated carbocycles. The Morgan fingerprint density at radius 1 is 0.914 bits per heavy atom. The van der Waals surface area contributed by atoms with Crippen molar-refractivity contribution in [3.8, 4) is 5.69 Å². The second-order valence-corrected chi connectivity index (χ2v) is 9.84. The molecule has 2 atom stereocenters. The molecule has 1 aromatic heterocycles. The van der Waals surface area contributed by atoms with Crippen LogP contribution in [0.25, 0.3) is 16.7 Å². The van der Waals surface area contributed by atoms with E-state index in [0.29, 0.717) is 39.0 Å². The van der Waals surface area contributed by atoms with Crippen molar-refractivity contribution >= 4 is 22.8 Å². The van der Waals surface area contributed by atoms with Crippen molar-refractivity contribution in [1.29, 1.82) is 0 Å². The van der Waals surface area contributed by atoms with Crippen LogP contribution in [0.1, 0.15) is 38.9 Å². The van der Waals surface area contributed by atoms with Gasteiger partial charge in [-0.1, -0.05) is 30.3 Å². The van der Waals surface area contributed by atoms with E-state index in [1.165, 1.54) is 0 Å². The molecule has 3 aromatic rings. The van der Waals surface area contributed by atoms with Gasteiger partial charge in [-0.05, 0) is 51.0 Å². The normalized spacial score (nSPS) is 21.4. The zero-order chi connectivity index (χ0) is 24.4. The topological polar surface area (TPSA) is 67.7 Å². The Morgan fingerprint density at radius 2 is 1.57 bits per heavy atom. The Balaban J connectivity index is 1.20. The van der Waals surface area contributed by atoms with Crippen LogP contribution in [0.15, 0.2) is 54.6 Å². The summed E-state index contributed by atoms with van der Waals surface area (Å²) in [6, 6.07) is 18.3. The minimum Gasteiger partial charge on any atom is -0.372 e. The van der Waals surface area contributed by atoms with E-state index in [0.717, 1.165) is 35.4 Å². The summed E-state index contributed by atoms with van der Waals surface area (Å²) in [5.74, 6) is 1.25. The summed E-state index contributed by atoms with van der Waals surface area (Å²) in [7, 11) is 0. The molecule has 3 heterocycles. The lowest BCUT2D eigenvalue weighted by Crippen LogP contribution is -2.51. The van der Waals surface area contributed by atoms with Gasteiger partial charge in [-0.25, -0.2) is 4.98 Å². The van der Waals surface area contributed by atoms with Gasteiger partial charge in [0.25, 0.3) is 0 Å². The van der Waals surface area contributed by atoms with Crippen LogP contribution in [0.3, 0.4) is 0 Å². The number of benzene rings is 2. The van der Waals surface area contributed by atoms with Gasteiger partial charge in [0.1, 0.15) is 5.82 Å². The number of carbonyl (C=O) groups excluding carboxylic acids is 2. The molecule has 0 radical (unpaired) electrons. The number of ether oxygens (including phenoxy) is 1. The quantitative estimate of drug-likeness (QED) is 0.564. The molecular weight excluding hydrogens is 440 g/mol. The average molecular weight is 475 g/mol. The summed E-state index contributed by atoms with van der Waals surface area (Å²) < 4.78 is 7.92. The SMILES string of the molecule is CC1CN(C(=O)C2CCN(C(=O)CCc3nc4ccccc4n3-c3ccccc3)CC2)CC(C)O1. The van der Waals surface area contributed by atoms with Crippen molar-refractivity contribution in [2.45, 2.75) is 51.7 Å². The van der Waals surface area contributed by atoms with Gasteiger partial charge in [0.2, 0.25) is 11.8 Å². The number of nitrogens with zero attached hydrogens (tertiary/aromatic N) is 4. The maximum atomic E-state index is 13.1. The zero-order valence-corrected chi connectivity index (χ0v) is 20.6. The zero-order valence-electron chi connectivity index (χ0n) is 20.6. The molecule has 7 heteroatoms. The molecule has 0 aliphatic carbocycles. The molecule has 7 nitrogen and oxygen atoms in total. The summed E-state index contributed by atoms with van der Waals surface area (Å²) in [6.07, 6.45) is 2.59. The number of aromatic nitrogens is 2. The third-order valence-corrected chi connectivity index (χ3v) is 7.14. The van der Waals surface area contributed by atoms with E-state index < -0.39 is 0 Å². The van der Waals surface area contributed by atoms with Crippen molar-refractivity contribution in [3.63, 3.8) is 0 Å². The Labute approximate surface area is 206 Å². The van der Waals surface area contributed by atoms with Gasteiger partial charge in [-0.2, -0.15) is 0 Å². The van der Waals surface area contributed by atoms with Crippen LogP contribution in [-0.4, -0.2) is 69.6 Å². The molecule has 0 N–H and O–H groups in total. The molecular formula is C28H34N4O3. The van der Waals surface area contributed by atoms with Crippen LogP contribution < -0.4 is 0 Å². The van der Waals surface area contributed by atoms with Crippen LogP contribution in [0.4, 0.5) is 0 Å². The lowest BCUT2D eigenvalue weighted by molar-refractivity contribution is -0.150. The molecule has 5 rings (SSSR count). The molecule has 2 aliphatic rings. The fourth-order valence-corrected chi connectivity index (χ4v) is 5.48. The van der Waals surface area contributed by atoms with Crippen LogP contribution in [0.5, 0.6) is 0 Å². The van der Waals surface area contributed by atoms with Crippen molar-refractivity contribution in [1.82, 2.24) is 19.4 Å². The molecule has 2 unspecified atom stereocenters. The van der Waals surface area contributed by atoms with Crippen LogP contribution in [-0.2, 0) is 20.7 Å². The smallest absolute Gasteiger partial charge is 0.225 e.